The summed E-state index contributed by atoms with van der Waals surface area (Å²) in [5.74, 6) is 0.505. The van der Waals surface area contributed by atoms with Crippen LogP contribution in [0.25, 0.3) is 0 Å². The third-order valence-corrected chi connectivity index (χ3v) is 3.02. The second-order valence-corrected chi connectivity index (χ2v) is 4.40. The number of amides is 1. The highest BCUT2D eigenvalue weighted by Crippen LogP contribution is 2.24. The van der Waals surface area contributed by atoms with Gasteiger partial charge in [-0.3, -0.25) is 4.79 Å². The Morgan fingerprint density at radius 2 is 2.42 bits per heavy atom. The Balaban J connectivity index is 2.05. The summed E-state index contributed by atoms with van der Waals surface area (Å²) in [5.41, 5.74) is 1.31. The Morgan fingerprint density at radius 3 is 3.05 bits per heavy atom. The van der Waals surface area contributed by atoms with Gasteiger partial charge in [-0.2, -0.15) is 0 Å². The molecule has 2 N–H and O–H groups in total. The fourth-order valence-corrected chi connectivity index (χ4v) is 2.08. The second-order valence-electron chi connectivity index (χ2n) is 4.40. The minimum Gasteiger partial charge on any atom is -0.494 e. The molecule has 1 aliphatic rings. The van der Waals surface area contributed by atoms with Crippen LogP contribution in [0.2, 0.25) is 0 Å². The van der Waals surface area contributed by atoms with Crippen LogP contribution in [0, 0.1) is 0 Å². The lowest BCUT2D eigenvalue weighted by molar-refractivity contribution is -0.124. The number of aliphatic hydroxyl groups excluding tert-OH is 1. The fraction of sp³-hybridized carbons (Fsp3) is 0.500. The summed E-state index contributed by atoms with van der Waals surface area (Å²) in [6.07, 6.45) is 1.32. The van der Waals surface area contributed by atoms with Gasteiger partial charge in [-0.25, -0.2) is 0 Å². The second kappa shape index (κ2) is 6.54. The van der Waals surface area contributed by atoms with E-state index in [1.54, 1.807) is 18.2 Å². The van der Waals surface area contributed by atoms with Crippen molar-refractivity contribution in [3.05, 3.63) is 23.8 Å². The third-order valence-electron chi connectivity index (χ3n) is 3.02. The van der Waals surface area contributed by atoms with E-state index in [4.69, 9.17) is 9.47 Å². The summed E-state index contributed by atoms with van der Waals surface area (Å²) in [5, 5.41) is 12.1. The van der Waals surface area contributed by atoms with E-state index in [9.17, 15) is 9.90 Å². The van der Waals surface area contributed by atoms with Gasteiger partial charge in [0.25, 0.3) is 5.91 Å². The fourth-order valence-electron chi connectivity index (χ4n) is 2.08. The topological polar surface area (TPSA) is 67.8 Å². The van der Waals surface area contributed by atoms with Gasteiger partial charge in [0.05, 0.1) is 13.2 Å². The van der Waals surface area contributed by atoms with E-state index < -0.39 is 0 Å². The lowest BCUT2D eigenvalue weighted by Gasteiger charge is -2.13. The number of hydrogen-bond acceptors (Lipinski definition) is 4. The number of rotatable bonds is 5. The number of hydrogen-bond donors (Lipinski definition) is 2. The molecule has 0 unspecified atom stereocenters. The molecule has 0 radical (unpaired) electrons. The standard InChI is InChI=1S/C14H19NO4/c1-2-18-12-6-5-11(8-10(12)9-16)15-14(17)13-4-3-7-19-13/h5-6,8,13,16H,2-4,7,9H2,1H3,(H,15,17)/t13-/m0/s1. The van der Waals surface area contributed by atoms with E-state index in [2.05, 4.69) is 5.32 Å². The Morgan fingerprint density at radius 1 is 1.58 bits per heavy atom. The van der Waals surface area contributed by atoms with E-state index in [0.717, 1.165) is 12.8 Å². The number of nitrogens with one attached hydrogen (secondary N) is 1. The van der Waals surface area contributed by atoms with Gasteiger partial charge in [-0.1, -0.05) is 0 Å². The Kier molecular flexibility index (Phi) is 4.76. The quantitative estimate of drug-likeness (QED) is 0.850. The van der Waals surface area contributed by atoms with Gasteiger partial charge in [-0.05, 0) is 38.0 Å². The lowest BCUT2D eigenvalue weighted by atomic mass is 10.1. The first kappa shape index (κ1) is 13.8. The van der Waals surface area contributed by atoms with Crippen molar-refractivity contribution in [3.63, 3.8) is 0 Å². The zero-order valence-electron chi connectivity index (χ0n) is 11.0. The molecule has 0 aliphatic carbocycles. The molecule has 1 saturated heterocycles. The average Bonchev–Trinajstić information content (AvgIpc) is 2.94. The monoisotopic (exact) mass is 265 g/mol. The highest BCUT2D eigenvalue weighted by atomic mass is 16.5. The van der Waals surface area contributed by atoms with Crippen LogP contribution >= 0.6 is 0 Å². The zero-order chi connectivity index (χ0) is 13.7. The first-order valence-corrected chi connectivity index (χ1v) is 6.53. The van der Waals surface area contributed by atoms with Crippen molar-refractivity contribution < 1.29 is 19.4 Å². The Bertz CT molecular complexity index is 441. The number of carbonyl (C=O) groups is 1. The summed E-state index contributed by atoms with van der Waals surface area (Å²) >= 11 is 0. The predicted molar refractivity (Wildman–Crippen MR) is 71.1 cm³/mol. The van der Waals surface area contributed by atoms with Crippen molar-refractivity contribution >= 4 is 11.6 Å². The van der Waals surface area contributed by atoms with Gasteiger partial charge < -0.3 is 19.9 Å². The van der Waals surface area contributed by atoms with Crippen LogP contribution in [0.3, 0.4) is 0 Å². The third kappa shape index (κ3) is 3.45. The molecular weight excluding hydrogens is 246 g/mol. The van der Waals surface area contributed by atoms with Crippen molar-refractivity contribution in [2.45, 2.75) is 32.5 Å². The minimum absolute atomic E-state index is 0.126. The van der Waals surface area contributed by atoms with E-state index in [-0.39, 0.29) is 18.6 Å². The first-order chi connectivity index (χ1) is 9.24. The molecule has 104 valence electrons. The van der Waals surface area contributed by atoms with Gasteiger partial charge in [0.15, 0.2) is 0 Å². The van der Waals surface area contributed by atoms with Crippen molar-refractivity contribution in [1.82, 2.24) is 0 Å². The number of carbonyl (C=O) groups excluding carboxylic acids is 1. The molecule has 1 aromatic rings. The van der Waals surface area contributed by atoms with Crippen LogP contribution in [0.5, 0.6) is 5.75 Å². The molecule has 19 heavy (non-hydrogen) atoms. The molecular formula is C14H19NO4. The van der Waals surface area contributed by atoms with Crippen LogP contribution in [0.15, 0.2) is 18.2 Å². The molecule has 5 nitrogen and oxygen atoms in total. The molecule has 1 aromatic carbocycles. The van der Waals surface area contributed by atoms with Crippen LogP contribution in [-0.4, -0.2) is 30.3 Å². The van der Waals surface area contributed by atoms with E-state index >= 15 is 0 Å². The number of ether oxygens (including phenoxy) is 2. The van der Waals surface area contributed by atoms with Crippen LogP contribution in [0.4, 0.5) is 5.69 Å². The van der Waals surface area contributed by atoms with Gasteiger partial charge in [-0.15, -0.1) is 0 Å². The molecule has 0 bridgehead atoms. The summed E-state index contributed by atoms with van der Waals surface area (Å²) < 4.78 is 10.7. The van der Waals surface area contributed by atoms with E-state index in [0.29, 0.717) is 30.2 Å². The van der Waals surface area contributed by atoms with Crippen LogP contribution in [0.1, 0.15) is 25.3 Å². The van der Waals surface area contributed by atoms with E-state index in [1.165, 1.54) is 0 Å². The maximum Gasteiger partial charge on any atom is 0.253 e. The molecule has 0 spiro atoms. The molecule has 1 heterocycles. The first-order valence-electron chi connectivity index (χ1n) is 6.53. The maximum atomic E-state index is 11.9. The molecule has 0 aromatic heterocycles. The van der Waals surface area contributed by atoms with Gasteiger partial charge in [0.1, 0.15) is 11.9 Å². The van der Waals surface area contributed by atoms with E-state index in [1.807, 2.05) is 6.92 Å². The maximum absolute atomic E-state index is 11.9. The number of aliphatic hydroxyl groups is 1. The van der Waals surface area contributed by atoms with Gasteiger partial charge >= 0.3 is 0 Å². The number of anilines is 1. The van der Waals surface area contributed by atoms with Gasteiger partial charge in [0.2, 0.25) is 0 Å². The lowest BCUT2D eigenvalue weighted by Crippen LogP contribution is -2.26. The van der Waals surface area contributed by atoms with Crippen LogP contribution < -0.4 is 10.1 Å². The molecule has 2 rings (SSSR count). The molecule has 5 heteroatoms. The summed E-state index contributed by atoms with van der Waals surface area (Å²) in [4.78, 5) is 11.9. The molecule has 1 fully saturated rings. The zero-order valence-corrected chi connectivity index (χ0v) is 11.0. The average molecular weight is 265 g/mol. The summed E-state index contributed by atoms with van der Waals surface area (Å²) in [6.45, 7) is 2.94. The number of benzene rings is 1. The Labute approximate surface area is 112 Å². The summed E-state index contributed by atoms with van der Waals surface area (Å²) in [7, 11) is 0. The molecule has 1 aliphatic heterocycles. The van der Waals surface area contributed by atoms with Crippen molar-refractivity contribution in [3.8, 4) is 5.75 Å². The largest absolute Gasteiger partial charge is 0.494 e. The summed E-state index contributed by atoms with van der Waals surface area (Å²) in [6, 6.07) is 5.23. The van der Waals surface area contributed by atoms with Gasteiger partial charge in [0, 0.05) is 17.9 Å². The highest BCUT2D eigenvalue weighted by Gasteiger charge is 2.23. The van der Waals surface area contributed by atoms with Crippen molar-refractivity contribution in [2.75, 3.05) is 18.5 Å². The highest BCUT2D eigenvalue weighted by molar-refractivity contribution is 5.94. The van der Waals surface area contributed by atoms with Crippen LogP contribution in [-0.2, 0) is 16.1 Å². The predicted octanol–water partition coefficient (Wildman–Crippen LogP) is 1.70. The van der Waals surface area contributed by atoms with Crippen molar-refractivity contribution in [2.24, 2.45) is 0 Å². The SMILES string of the molecule is CCOc1ccc(NC(=O)[C@@H]2CCCO2)cc1CO. The molecule has 1 atom stereocenters. The smallest absolute Gasteiger partial charge is 0.253 e. The van der Waals surface area contributed by atoms with Crippen molar-refractivity contribution in [1.29, 1.82) is 0 Å². The minimum atomic E-state index is -0.357. The Hall–Kier alpha value is -1.59. The molecule has 1 amide bonds. The molecule has 0 saturated carbocycles. The normalized spacial score (nSPS) is 18.3.